The van der Waals surface area contributed by atoms with E-state index in [1.807, 2.05) is 0 Å². The predicted molar refractivity (Wildman–Crippen MR) is 123 cm³/mol. The molecule has 0 bridgehead atoms. The molecule has 0 aromatic heterocycles. The summed E-state index contributed by atoms with van der Waals surface area (Å²) in [5, 5.41) is 8.27. The Balaban J connectivity index is 0.000000175. The molecule has 2 heteroatoms. The number of aryl methyl sites for hydroxylation is 2. The summed E-state index contributed by atoms with van der Waals surface area (Å²) in [5.41, 5.74) is 2.73. The van der Waals surface area contributed by atoms with E-state index in [1.165, 1.54) is 43.3 Å². The summed E-state index contributed by atoms with van der Waals surface area (Å²) < 4.78 is 0. The molecule has 0 saturated carbocycles. The van der Waals surface area contributed by atoms with Crippen LogP contribution in [0.25, 0.3) is 21.5 Å². The van der Waals surface area contributed by atoms with Crippen LogP contribution >= 0.6 is 8.58 Å². The van der Waals surface area contributed by atoms with E-state index in [0.29, 0.717) is 0 Å². The Morgan fingerprint density at radius 1 is 0.643 bits per heavy atom. The van der Waals surface area contributed by atoms with Gasteiger partial charge in [0.25, 0.3) is 0 Å². The third-order valence-corrected chi connectivity index (χ3v) is 6.21. The van der Waals surface area contributed by atoms with E-state index >= 15 is 0 Å². The van der Waals surface area contributed by atoms with Crippen molar-refractivity contribution in [3.8, 4) is 0 Å². The molecular weight excluding hydrogens is 522 g/mol. The van der Waals surface area contributed by atoms with E-state index in [-0.39, 0.29) is 25.8 Å². The Kier molecular flexibility index (Phi) is 7.16. The molecule has 28 heavy (non-hydrogen) atoms. The summed E-state index contributed by atoms with van der Waals surface area (Å²) >= 11 is 0. The molecule has 0 amide bonds. The minimum absolute atomic E-state index is 0. The molecule has 0 spiro atoms. The van der Waals surface area contributed by atoms with Crippen LogP contribution in [0, 0.1) is 13.8 Å². The number of hydrogen-bond donors (Lipinski definition) is 0. The zero-order chi connectivity index (χ0) is 18.6. The van der Waals surface area contributed by atoms with Crippen LogP contribution in [0.3, 0.4) is 0 Å². The van der Waals surface area contributed by atoms with Gasteiger partial charge in [-0.25, -0.2) is 0 Å². The first-order valence-electron chi connectivity index (χ1n) is 9.29. The summed E-state index contributed by atoms with van der Waals surface area (Å²) in [6.07, 6.45) is 0. The van der Waals surface area contributed by atoms with Crippen molar-refractivity contribution in [2.24, 2.45) is 0 Å². The SMILES string of the molecule is Cc1cc2ccccc2[cH-]1.Cc1ccccc1Pc1cc2ccccc2[cH-]1.[Hf]. The fourth-order valence-corrected chi connectivity index (χ4v) is 4.62. The van der Waals surface area contributed by atoms with Gasteiger partial charge in [0, 0.05) is 25.8 Å². The number of rotatable bonds is 2. The van der Waals surface area contributed by atoms with Gasteiger partial charge < -0.3 is 0 Å². The van der Waals surface area contributed by atoms with Crippen LogP contribution in [-0.2, 0) is 25.8 Å². The molecule has 1 unspecified atom stereocenters. The van der Waals surface area contributed by atoms with Crippen molar-refractivity contribution in [3.63, 3.8) is 0 Å². The first-order chi connectivity index (χ1) is 13.2. The molecule has 138 valence electrons. The van der Waals surface area contributed by atoms with Crippen LogP contribution in [0.5, 0.6) is 0 Å². The summed E-state index contributed by atoms with van der Waals surface area (Å²) in [6, 6.07) is 34.6. The van der Waals surface area contributed by atoms with E-state index in [9.17, 15) is 0 Å². The molecule has 0 saturated heterocycles. The smallest absolute Gasteiger partial charge is 0 e. The van der Waals surface area contributed by atoms with Gasteiger partial charge in [0.1, 0.15) is 0 Å². The van der Waals surface area contributed by atoms with Crippen molar-refractivity contribution in [2.45, 2.75) is 13.8 Å². The van der Waals surface area contributed by atoms with Crippen LogP contribution in [0.4, 0.5) is 0 Å². The minimum Gasteiger partial charge on any atom is -0.165 e. The maximum atomic E-state index is 2.31. The summed E-state index contributed by atoms with van der Waals surface area (Å²) in [7, 11) is 0.759. The average molecular weight is 545 g/mol. The van der Waals surface area contributed by atoms with E-state index in [2.05, 4.69) is 111 Å². The van der Waals surface area contributed by atoms with Gasteiger partial charge in [-0.1, -0.05) is 51.9 Å². The molecule has 5 aromatic rings. The van der Waals surface area contributed by atoms with Crippen LogP contribution in [0.15, 0.2) is 97.1 Å². The molecule has 0 N–H and O–H groups in total. The fraction of sp³-hybridized carbons (Fsp3) is 0.0769. The Bertz CT molecular complexity index is 1110. The average Bonchev–Trinajstić information content (AvgIpc) is 3.25. The molecule has 1 atom stereocenters. The fourth-order valence-electron chi connectivity index (χ4n) is 3.40. The standard InChI is InChI=1S/C16H14P.C10H9.Hf/c1-12-6-2-5-9-16(12)17-15-10-13-7-3-4-8-14(13)11-15;1-8-6-9-4-2-3-5-10(9)7-8;/h2-11,17H,1H3;2-7H,1H3;/q2*-1;. The Labute approximate surface area is 187 Å². The van der Waals surface area contributed by atoms with E-state index in [1.54, 1.807) is 0 Å². The molecule has 0 heterocycles. The molecule has 0 aliphatic heterocycles. The third-order valence-electron chi connectivity index (χ3n) is 4.80. The molecule has 5 rings (SSSR count). The molecule has 0 fully saturated rings. The van der Waals surface area contributed by atoms with Gasteiger partial charge in [-0.15, -0.1) is 80.9 Å². The van der Waals surface area contributed by atoms with Gasteiger partial charge in [-0.05, 0) is 17.8 Å². The number of hydrogen-bond acceptors (Lipinski definition) is 0. The molecule has 0 aliphatic carbocycles. The molecule has 5 aromatic carbocycles. The molecular formula is C26H23HfP-2. The maximum Gasteiger partial charge on any atom is 0 e. The zero-order valence-electron chi connectivity index (χ0n) is 16.2. The second-order valence-corrected chi connectivity index (χ2v) is 8.34. The van der Waals surface area contributed by atoms with Gasteiger partial charge in [-0.3, -0.25) is 0 Å². The Morgan fingerprint density at radius 3 is 1.86 bits per heavy atom. The van der Waals surface area contributed by atoms with Crippen LogP contribution in [0.1, 0.15) is 11.1 Å². The number of fused-ring (bicyclic) bond motifs is 2. The predicted octanol–water partition coefficient (Wildman–Crippen LogP) is 6.36. The van der Waals surface area contributed by atoms with Crippen molar-refractivity contribution < 1.29 is 25.8 Å². The Morgan fingerprint density at radius 2 is 1.21 bits per heavy atom. The van der Waals surface area contributed by atoms with Gasteiger partial charge in [0.05, 0.1) is 0 Å². The summed E-state index contributed by atoms with van der Waals surface area (Å²) in [6.45, 7) is 4.31. The monoisotopic (exact) mass is 546 g/mol. The van der Waals surface area contributed by atoms with E-state index < -0.39 is 0 Å². The maximum absolute atomic E-state index is 2.31. The third kappa shape index (κ3) is 4.96. The van der Waals surface area contributed by atoms with Gasteiger partial charge in [0.15, 0.2) is 0 Å². The Hall–Kier alpha value is -1.82. The van der Waals surface area contributed by atoms with Crippen molar-refractivity contribution in [3.05, 3.63) is 108 Å². The van der Waals surface area contributed by atoms with E-state index in [4.69, 9.17) is 0 Å². The van der Waals surface area contributed by atoms with Crippen LogP contribution < -0.4 is 10.6 Å². The van der Waals surface area contributed by atoms with Crippen molar-refractivity contribution in [1.29, 1.82) is 0 Å². The van der Waals surface area contributed by atoms with Crippen molar-refractivity contribution in [1.82, 2.24) is 0 Å². The van der Waals surface area contributed by atoms with Crippen molar-refractivity contribution >= 4 is 40.7 Å². The summed E-state index contributed by atoms with van der Waals surface area (Å²) in [4.78, 5) is 0. The minimum atomic E-state index is 0. The molecule has 0 nitrogen and oxygen atoms in total. The first-order valence-corrected chi connectivity index (χ1v) is 10.3. The number of benzene rings is 3. The normalized spacial score (nSPS) is 10.8. The summed E-state index contributed by atoms with van der Waals surface area (Å²) in [5.74, 6) is 0. The van der Waals surface area contributed by atoms with Crippen LogP contribution in [-0.4, -0.2) is 0 Å². The second-order valence-electron chi connectivity index (χ2n) is 6.97. The van der Waals surface area contributed by atoms with Gasteiger partial charge >= 0.3 is 0 Å². The first kappa shape index (κ1) is 20.9. The van der Waals surface area contributed by atoms with Gasteiger partial charge in [0.2, 0.25) is 0 Å². The molecule has 0 aliphatic rings. The van der Waals surface area contributed by atoms with Gasteiger partial charge in [-0.2, -0.15) is 12.1 Å². The molecule has 0 radical (unpaired) electrons. The zero-order valence-corrected chi connectivity index (χ0v) is 20.8. The second kappa shape index (κ2) is 9.59. The topological polar surface area (TPSA) is 0 Å². The largest absolute Gasteiger partial charge is 0.165 e. The van der Waals surface area contributed by atoms with Crippen molar-refractivity contribution in [2.75, 3.05) is 0 Å². The quantitative estimate of drug-likeness (QED) is 0.138. The van der Waals surface area contributed by atoms with E-state index in [0.717, 1.165) is 8.58 Å². The van der Waals surface area contributed by atoms with Crippen LogP contribution in [0.2, 0.25) is 0 Å².